The minimum absolute atomic E-state index is 0.000532. The predicted molar refractivity (Wildman–Crippen MR) is 80.1 cm³/mol. The van der Waals surface area contributed by atoms with Gasteiger partial charge in [0.2, 0.25) is 5.91 Å². The molecule has 2 aromatic rings. The number of carbonyl (C=O) groups is 2. The summed E-state index contributed by atoms with van der Waals surface area (Å²) in [6.45, 7) is 5.23. The average molecular weight is 267 g/mol. The molecule has 0 aliphatic heterocycles. The standard InChI is InChI=1S/C17H17NO2/c1-11-10-16(18-13(3)19)12(2)9-15(11)17(20)14-7-5-4-6-8-14/h4-10H,1-3H3,(H,18,19). The summed E-state index contributed by atoms with van der Waals surface area (Å²) < 4.78 is 0. The maximum absolute atomic E-state index is 12.5. The molecule has 0 aromatic heterocycles. The quantitative estimate of drug-likeness (QED) is 0.865. The minimum atomic E-state index is -0.116. The molecule has 0 spiro atoms. The zero-order valence-electron chi connectivity index (χ0n) is 11.9. The Balaban J connectivity index is 2.41. The molecule has 0 bridgehead atoms. The Hall–Kier alpha value is -2.42. The van der Waals surface area contributed by atoms with Crippen molar-refractivity contribution in [2.24, 2.45) is 0 Å². The van der Waals surface area contributed by atoms with Gasteiger partial charge in [0, 0.05) is 23.7 Å². The smallest absolute Gasteiger partial charge is 0.221 e. The van der Waals surface area contributed by atoms with Crippen molar-refractivity contribution < 1.29 is 9.59 Å². The number of ketones is 1. The first-order valence-corrected chi connectivity index (χ1v) is 6.47. The van der Waals surface area contributed by atoms with Gasteiger partial charge in [-0.05, 0) is 37.1 Å². The number of hydrogen-bond donors (Lipinski definition) is 1. The molecule has 1 amide bonds. The minimum Gasteiger partial charge on any atom is -0.326 e. The zero-order valence-corrected chi connectivity index (χ0v) is 11.9. The first kappa shape index (κ1) is 14.0. The van der Waals surface area contributed by atoms with Crippen molar-refractivity contribution in [3.05, 3.63) is 64.7 Å². The zero-order chi connectivity index (χ0) is 14.7. The maximum Gasteiger partial charge on any atom is 0.221 e. The normalized spacial score (nSPS) is 10.2. The van der Waals surface area contributed by atoms with Gasteiger partial charge >= 0.3 is 0 Å². The molecule has 0 radical (unpaired) electrons. The van der Waals surface area contributed by atoms with Gasteiger partial charge in [0.1, 0.15) is 0 Å². The van der Waals surface area contributed by atoms with Crippen LogP contribution in [0.1, 0.15) is 34.0 Å². The molecule has 0 saturated heterocycles. The number of hydrogen-bond acceptors (Lipinski definition) is 2. The number of anilines is 1. The monoisotopic (exact) mass is 267 g/mol. The Morgan fingerprint density at radius 3 is 2.20 bits per heavy atom. The fourth-order valence-corrected chi connectivity index (χ4v) is 2.13. The van der Waals surface area contributed by atoms with Crippen LogP contribution in [0, 0.1) is 13.8 Å². The van der Waals surface area contributed by atoms with Crippen LogP contribution in [-0.2, 0) is 4.79 Å². The molecule has 0 heterocycles. The van der Waals surface area contributed by atoms with Gasteiger partial charge in [-0.2, -0.15) is 0 Å². The molecule has 20 heavy (non-hydrogen) atoms. The first-order valence-electron chi connectivity index (χ1n) is 6.47. The maximum atomic E-state index is 12.5. The largest absolute Gasteiger partial charge is 0.326 e. The molecule has 102 valence electrons. The van der Waals surface area contributed by atoms with Crippen LogP contribution < -0.4 is 5.32 Å². The highest BCUT2D eigenvalue weighted by Crippen LogP contribution is 2.23. The molecule has 0 atom stereocenters. The second-order valence-electron chi connectivity index (χ2n) is 4.86. The second-order valence-corrected chi connectivity index (χ2v) is 4.86. The number of carbonyl (C=O) groups excluding carboxylic acids is 2. The van der Waals surface area contributed by atoms with Crippen molar-refractivity contribution in [3.8, 4) is 0 Å². The van der Waals surface area contributed by atoms with Gasteiger partial charge in [0.05, 0.1) is 0 Å². The highest BCUT2D eigenvalue weighted by atomic mass is 16.1. The van der Waals surface area contributed by atoms with E-state index in [0.717, 1.165) is 16.8 Å². The summed E-state index contributed by atoms with van der Waals surface area (Å²) in [7, 11) is 0. The van der Waals surface area contributed by atoms with Gasteiger partial charge in [-0.3, -0.25) is 9.59 Å². The van der Waals surface area contributed by atoms with Gasteiger partial charge in [-0.15, -0.1) is 0 Å². The lowest BCUT2D eigenvalue weighted by atomic mass is 9.96. The summed E-state index contributed by atoms with van der Waals surface area (Å²) in [5, 5.41) is 2.77. The van der Waals surface area contributed by atoms with E-state index in [1.54, 1.807) is 12.1 Å². The van der Waals surface area contributed by atoms with Crippen molar-refractivity contribution in [2.75, 3.05) is 5.32 Å². The first-order chi connectivity index (χ1) is 9.49. The molecule has 0 aliphatic rings. The summed E-state index contributed by atoms with van der Waals surface area (Å²) in [5.41, 5.74) is 3.82. The van der Waals surface area contributed by atoms with E-state index in [2.05, 4.69) is 5.32 Å². The van der Waals surface area contributed by atoms with Crippen LogP contribution in [0.25, 0.3) is 0 Å². The van der Waals surface area contributed by atoms with Crippen LogP contribution in [0.4, 0.5) is 5.69 Å². The third-order valence-corrected chi connectivity index (χ3v) is 3.16. The van der Waals surface area contributed by atoms with Gasteiger partial charge in [-0.25, -0.2) is 0 Å². The van der Waals surface area contributed by atoms with Crippen LogP contribution in [0.2, 0.25) is 0 Å². The van der Waals surface area contributed by atoms with Crippen LogP contribution >= 0.6 is 0 Å². The lowest BCUT2D eigenvalue weighted by Crippen LogP contribution is -2.10. The summed E-state index contributed by atoms with van der Waals surface area (Å²) in [6, 6.07) is 12.9. The number of aryl methyl sites for hydroxylation is 2. The molecule has 0 fully saturated rings. The van der Waals surface area contributed by atoms with E-state index in [-0.39, 0.29) is 11.7 Å². The Morgan fingerprint density at radius 1 is 0.950 bits per heavy atom. The van der Waals surface area contributed by atoms with E-state index < -0.39 is 0 Å². The summed E-state index contributed by atoms with van der Waals surface area (Å²) in [4.78, 5) is 23.6. The highest BCUT2D eigenvalue weighted by Gasteiger charge is 2.13. The van der Waals surface area contributed by atoms with Crippen LogP contribution in [-0.4, -0.2) is 11.7 Å². The van der Waals surface area contributed by atoms with Gasteiger partial charge < -0.3 is 5.32 Å². The highest BCUT2D eigenvalue weighted by molar-refractivity contribution is 6.10. The molecular weight excluding hydrogens is 250 g/mol. The number of nitrogens with one attached hydrogen (secondary N) is 1. The van der Waals surface area contributed by atoms with Crippen molar-refractivity contribution in [2.45, 2.75) is 20.8 Å². The molecule has 2 aromatic carbocycles. The molecule has 3 heteroatoms. The summed E-state index contributed by atoms with van der Waals surface area (Å²) >= 11 is 0. The molecule has 0 unspecified atom stereocenters. The fourth-order valence-electron chi connectivity index (χ4n) is 2.13. The average Bonchev–Trinajstić information content (AvgIpc) is 2.42. The van der Waals surface area contributed by atoms with Gasteiger partial charge in [-0.1, -0.05) is 30.3 Å². The van der Waals surface area contributed by atoms with Crippen LogP contribution in [0.15, 0.2) is 42.5 Å². The molecule has 0 saturated carbocycles. The lowest BCUT2D eigenvalue weighted by molar-refractivity contribution is -0.114. The Bertz CT molecular complexity index is 660. The SMILES string of the molecule is CC(=O)Nc1cc(C)c(C(=O)c2ccccc2)cc1C. The molecular formula is C17H17NO2. The van der Waals surface area contributed by atoms with Crippen LogP contribution in [0.3, 0.4) is 0 Å². The van der Waals surface area contributed by atoms with E-state index >= 15 is 0 Å². The second kappa shape index (κ2) is 5.70. The predicted octanol–water partition coefficient (Wildman–Crippen LogP) is 3.49. The third-order valence-electron chi connectivity index (χ3n) is 3.16. The van der Waals surface area contributed by atoms with E-state index in [4.69, 9.17) is 0 Å². The fraction of sp³-hybridized carbons (Fsp3) is 0.176. The molecule has 1 N–H and O–H groups in total. The van der Waals surface area contributed by atoms with E-state index in [0.29, 0.717) is 11.1 Å². The van der Waals surface area contributed by atoms with E-state index in [1.807, 2.05) is 44.2 Å². The number of benzene rings is 2. The lowest BCUT2D eigenvalue weighted by Gasteiger charge is -2.12. The Morgan fingerprint density at radius 2 is 1.60 bits per heavy atom. The van der Waals surface area contributed by atoms with Gasteiger partial charge in [0.15, 0.2) is 5.78 Å². The molecule has 3 nitrogen and oxygen atoms in total. The Labute approximate surface area is 118 Å². The van der Waals surface area contributed by atoms with Crippen LogP contribution in [0.5, 0.6) is 0 Å². The van der Waals surface area contributed by atoms with Gasteiger partial charge in [0.25, 0.3) is 0 Å². The summed E-state index contributed by atoms with van der Waals surface area (Å²) in [6.07, 6.45) is 0. The van der Waals surface area contributed by atoms with Crippen molar-refractivity contribution in [3.63, 3.8) is 0 Å². The summed E-state index contributed by atoms with van der Waals surface area (Å²) in [5.74, 6) is -0.116. The third kappa shape index (κ3) is 2.94. The van der Waals surface area contributed by atoms with Crippen molar-refractivity contribution in [1.82, 2.24) is 0 Å². The van der Waals surface area contributed by atoms with E-state index in [9.17, 15) is 9.59 Å². The number of rotatable bonds is 3. The number of amides is 1. The van der Waals surface area contributed by atoms with Crippen molar-refractivity contribution in [1.29, 1.82) is 0 Å². The van der Waals surface area contributed by atoms with Crippen molar-refractivity contribution >= 4 is 17.4 Å². The van der Waals surface area contributed by atoms with E-state index in [1.165, 1.54) is 6.92 Å². The molecule has 0 aliphatic carbocycles. The molecule has 2 rings (SSSR count). The topological polar surface area (TPSA) is 46.2 Å². The Kier molecular flexibility index (Phi) is 3.99.